The first-order valence-corrected chi connectivity index (χ1v) is 4.27. The summed E-state index contributed by atoms with van der Waals surface area (Å²) in [5.74, 6) is -0.396. The van der Waals surface area contributed by atoms with E-state index in [1.807, 2.05) is 0 Å². The number of nitrogen functional groups attached to an aromatic ring is 1. The minimum Gasteiger partial charge on any atom is -0.465 e. The number of hydrogen-bond donors (Lipinski definition) is 2. The van der Waals surface area contributed by atoms with E-state index in [0.29, 0.717) is 13.2 Å². The first-order valence-electron chi connectivity index (χ1n) is 4.27. The first-order chi connectivity index (χ1) is 7.20. The van der Waals surface area contributed by atoms with Crippen molar-refractivity contribution < 1.29 is 18.8 Å². The van der Waals surface area contributed by atoms with Crippen LogP contribution in [0.15, 0.2) is 4.52 Å². The molecule has 0 aliphatic carbocycles. The van der Waals surface area contributed by atoms with E-state index >= 15 is 0 Å². The van der Waals surface area contributed by atoms with E-state index in [4.69, 9.17) is 10.5 Å². The van der Waals surface area contributed by atoms with E-state index in [1.165, 1.54) is 7.11 Å². The molecule has 84 valence electrons. The first kappa shape index (κ1) is 11.3. The summed E-state index contributed by atoms with van der Waals surface area (Å²) in [5, 5.41) is 6.43. The molecule has 0 spiro atoms. The van der Waals surface area contributed by atoms with Gasteiger partial charge in [-0.2, -0.15) is 0 Å². The number of hydrogen-bond acceptors (Lipinski definition) is 7. The van der Waals surface area contributed by atoms with Crippen molar-refractivity contribution in [1.29, 1.82) is 0 Å². The number of aromatic nitrogens is 1. The zero-order valence-corrected chi connectivity index (χ0v) is 8.57. The Hall–Kier alpha value is -1.76. The molecule has 0 amide bonds. The number of esters is 1. The molecule has 0 aliphatic heterocycles. The summed E-state index contributed by atoms with van der Waals surface area (Å²) in [4.78, 5) is 11.3. The number of nitrogens with two attached hydrogens (primary N) is 1. The maximum atomic E-state index is 11.3. The van der Waals surface area contributed by atoms with Crippen molar-refractivity contribution in [3.8, 4) is 0 Å². The van der Waals surface area contributed by atoms with Crippen LogP contribution in [0.3, 0.4) is 0 Å². The second-order valence-electron chi connectivity index (χ2n) is 2.68. The van der Waals surface area contributed by atoms with Gasteiger partial charge in [-0.25, -0.2) is 4.79 Å². The van der Waals surface area contributed by atoms with Crippen molar-refractivity contribution in [3.63, 3.8) is 0 Å². The third kappa shape index (κ3) is 2.59. The molecule has 0 aromatic carbocycles. The van der Waals surface area contributed by atoms with Gasteiger partial charge in [-0.05, 0) is 0 Å². The van der Waals surface area contributed by atoms with Gasteiger partial charge in [0.15, 0.2) is 11.4 Å². The molecule has 0 fully saturated rings. The molecule has 0 saturated heterocycles. The SMILES string of the molecule is COCCNc1noc(N)c1C(=O)OC. The number of nitrogens with one attached hydrogen (secondary N) is 1. The molecule has 7 heteroatoms. The van der Waals surface area contributed by atoms with E-state index in [2.05, 4.69) is 19.7 Å². The third-order valence-corrected chi connectivity index (χ3v) is 1.71. The van der Waals surface area contributed by atoms with Crippen molar-refractivity contribution in [2.45, 2.75) is 0 Å². The largest absolute Gasteiger partial charge is 0.465 e. The molecule has 1 aromatic heterocycles. The lowest BCUT2D eigenvalue weighted by Crippen LogP contribution is -2.12. The van der Waals surface area contributed by atoms with Crippen LogP contribution in [0.2, 0.25) is 0 Å². The van der Waals surface area contributed by atoms with Crippen LogP contribution in [0.5, 0.6) is 0 Å². The van der Waals surface area contributed by atoms with Crippen molar-refractivity contribution in [2.75, 3.05) is 38.4 Å². The standard InChI is InChI=1S/C8H13N3O4/c1-13-4-3-10-7-5(8(12)14-2)6(9)15-11-7/h3-4,9H2,1-2H3,(H,10,11). The van der Waals surface area contributed by atoms with Gasteiger partial charge in [-0.15, -0.1) is 0 Å². The normalized spacial score (nSPS) is 10.0. The fourth-order valence-electron chi connectivity index (χ4n) is 0.994. The topological polar surface area (TPSA) is 99.6 Å². The fraction of sp³-hybridized carbons (Fsp3) is 0.500. The van der Waals surface area contributed by atoms with Gasteiger partial charge in [0.2, 0.25) is 5.88 Å². The Morgan fingerprint density at radius 1 is 1.60 bits per heavy atom. The second kappa shape index (κ2) is 5.20. The van der Waals surface area contributed by atoms with Crippen LogP contribution in [0.1, 0.15) is 10.4 Å². The van der Waals surface area contributed by atoms with Gasteiger partial charge in [0.25, 0.3) is 0 Å². The van der Waals surface area contributed by atoms with E-state index in [-0.39, 0.29) is 17.3 Å². The number of nitrogens with zero attached hydrogens (tertiary/aromatic N) is 1. The van der Waals surface area contributed by atoms with E-state index in [1.54, 1.807) is 7.11 Å². The lowest BCUT2D eigenvalue weighted by atomic mass is 10.3. The van der Waals surface area contributed by atoms with Gasteiger partial charge in [0.1, 0.15) is 0 Å². The third-order valence-electron chi connectivity index (χ3n) is 1.71. The monoisotopic (exact) mass is 215 g/mol. The highest BCUT2D eigenvalue weighted by Gasteiger charge is 2.21. The molecule has 0 unspecified atom stereocenters. The molecule has 0 atom stereocenters. The number of anilines is 2. The average molecular weight is 215 g/mol. The van der Waals surface area contributed by atoms with Crippen molar-refractivity contribution in [2.24, 2.45) is 0 Å². The Morgan fingerprint density at radius 3 is 2.93 bits per heavy atom. The van der Waals surface area contributed by atoms with Gasteiger partial charge in [-0.1, -0.05) is 5.16 Å². The number of carbonyl (C=O) groups excluding carboxylic acids is 1. The smallest absolute Gasteiger partial charge is 0.347 e. The summed E-state index contributed by atoms with van der Waals surface area (Å²) < 4.78 is 14.0. The Morgan fingerprint density at radius 2 is 2.33 bits per heavy atom. The lowest BCUT2D eigenvalue weighted by molar-refractivity contribution is 0.0602. The highest BCUT2D eigenvalue weighted by atomic mass is 16.5. The maximum absolute atomic E-state index is 11.3. The Labute approximate surface area is 86.5 Å². The minimum absolute atomic E-state index is 0.0678. The summed E-state index contributed by atoms with van der Waals surface area (Å²) in [6, 6.07) is 0. The van der Waals surface area contributed by atoms with Crippen molar-refractivity contribution >= 4 is 17.7 Å². The number of ether oxygens (including phenoxy) is 2. The van der Waals surface area contributed by atoms with Crippen LogP contribution in [-0.4, -0.2) is 38.5 Å². The Balaban J connectivity index is 2.75. The molecule has 0 aliphatic rings. The summed E-state index contributed by atoms with van der Waals surface area (Å²) in [5.41, 5.74) is 5.53. The molecule has 1 rings (SSSR count). The maximum Gasteiger partial charge on any atom is 0.347 e. The molecular formula is C8H13N3O4. The van der Waals surface area contributed by atoms with Crippen LogP contribution >= 0.6 is 0 Å². The van der Waals surface area contributed by atoms with Crippen LogP contribution < -0.4 is 11.1 Å². The van der Waals surface area contributed by atoms with Gasteiger partial charge < -0.3 is 25.0 Å². The predicted octanol–water partition coefficient (Wildman–Crippen LogP) is 0.102. The zero-order chi connectivity index (χ0) is 11.3. The minimum atomic E-state index is -0.589. The van der Waals surface area contributed by atoms with E-state index < -0.39 is 5.97 Å². The molecule has 7 nitrogen and oxygen atoms in total. The highest BCUT2D eigenvalue weighted by molar-refractivity contribution is 5.98. The van der Waals surface area contributed by atoms with Crippen LogP contribution in [-0.2, 0) is 9.47 Å². The molecular weight excluding hydrogens is 202 g/mol. The molecule has 1 aromatic rings. The number of rotatable bonds is 5. The summed E-state index contributed by atoms with van der Waals surface area (Å²) in [6.45, 7) is 0.972. The molecule has 15 heavy (non-hydrogen) atoms. The second-order valence-corrected chi connectivity index (χ2v) is 2.68. The number of methoxy groups -OCH3 is 2. The average Bonchev–Trinajstić information content (AvgIpc) is 2.59. The van der Waals surface area contributed by atoms with Crippen LogP contribution in [0.4, 0.5) is 11.7 Å². The highest BCUT2D eigenvalue weighted by Crippen LogP contribution is 2.21. The molecule has 3 N–H and O–H groups in total. The van der Waals surface area contributed by atoms with Crippen LogP contribution in [0, 0.1) is 0 Å². The van der Waals surface area contributed by atoms with Gasteiger partial charge in [0, 0.05) is 13.7 Å². The molecule has 1 heterocycles. The number of carbonyl (C=O) groups is 1. The van der Waals surface area contributed by atoms with Gasteiger partial charge in [-0.3, -0.25) is 0 Å². The summed E-state index contributed by atoms with van der Waals surface area (Å²) in [6.07, 6.45) is 0. The quantitative estimate of drug-likeness (QED) is 0.530. The molecule has 0 bridgehead atoms. The fourth-order valence-corrected chi connectivity index (χ4v) is 0.994. The van der Waals surface area contributed by atoms with E-state index in [9.17, 15) is 4.79 Å². The Kier molecular flexibility index (Phi) is 3.92. The molecule has 0 saturated carbocycles. The van der Waals surface area contributed by atoms with E-state index in [0.717, 1.165) is 0 Å². The van der Waals surface area contributed by atoms with Crippen molar-refractivity contribution in [1.82, 2.24) is 5.16 Å². The zero-order valence-electron chi connectivity index (χ0n) is 8.57. The Bertz CT molecular complexity index is 337. The van der Waals surface area contributed by atoms with Gasteiger partial charge in [0.05, 0.1) is 13.7 Å². The van der Waals surface area contributed by atoms with Crippen molar-refractivity contribution in [3.05, 3.63) is 5.56 Å². The summed E-state index contributed by atoms with van der Waals surface area (Å²) in [7, 11) is 2.83. The lowest BCUT2D eigenvalue weighted by Gasteiger charge is -2.02. The van der Waals surface area contributed by atoms with Gasteiger partial charge >= 0.3 is 5.97 Å². The van der Waals surface area contributed by atoms with Crippen LogP contribution in [0.25, 0.3) is 0 Å². The molecule has 0 radical (unpaired) electrons. The summed E-state index contributed by atoms with van der Waals surface area (Å²) >= 11 is 0. The predicted molar refractivity (Wildman–Crippen MR) is 52.6 cm³/mol.